The molecule has 2 atom stereocenters. The van der Waals surface area contributed by atoms with Gasteiger partial charge in [0, 0.05) is 21.8 Å². The summed E-state index contributed by atoms with van der Waals surface area (Å²) < 4.78 is 17.4. The summed E-state index contributed by atoms with van der Waals surface area (Å²) in [4.78, 5) is 26.5. The van der Waals surface area contributed by atoms with Crippen molar-refractivity contribution in [3.8, 4) is 5.75 Å². The Kier molecular flexibility index (Phi) is 9.88. The number of esters is 1. The third kappa shape index (κ3) is 7.23. The molecule has 1 aliphatic carbocycles. The molecular weight excluding hydrogens is 526 g/mol. The molecule has 0 radical (unpaired) electrons. The Morgan fingerprint density at radius 1 is 1.07 bits per heavy atom. The van der Waals surface area contributed by atoms with Crippen molar-refractivity contribution < 1.29 is 23.8 Å². The third-order valence-electron chi connectivity index (χ3n) is 7.24. The molecule has 0 aromatic heterocycles. The van der Waals surface area contributed by atoms with Gasteiger partial charge in [-0.3, -0.25) is 9.59 Å². The monoisotopic (exact) mass is 563 g/mol. The highest BCUT2D eigenvalue weighted by molar-refractivity contribution is 6.30. The van der Waals surface area contributed by atoms with Gasteiger partial charge in [0.1, 0.15) is 11.9 Å². The zero-order valence-electron chi connectivity index (χ0n) is 23.9. The molecule has 1 aliphatic rings. The lowest BCUT2D eigenvalue weighted by Crippen LogP contribution is -2.25. The van der Waals surface area contributed by atoms with Gasteiger partial charge in [0.2, 0.25) is 6.41 Å². The van der Waals surface area contributed by atoms with Crippen LogP contribution in [0.2, 0.25) is 5.02 Å². The van der Waals surface area contributed by atoms with Crippen molar-refractivity contribution in [3.63, 3.8) is 0 Å². The Labute approximate surface area is 242 Å². The Hall–Kier alpha value is -3.35. The van der Waals surface area contributed by atoms with Crippen LogP contribution in [0.1, 0.15) is 78.5 Å². The molecule has 212 valence electrons. The fourth-order valence-corrected chi connectivity index (χ4v) is 5.27. The highest BCUT2D eigenvalue weighted by Gasteiger charge is 2.28. The van der Waals surface area contributed by atoms with Crippen LogP contribution in [0, 0.1) is 13.8 Å². The fraction of sp³-hybridized carbons (Fsp3) is 0.394. The largest absolute Gasteiger partial charge is 0.496 e. The van der Waals surface area contributed by atoms with Crippen LogP contribution in [0.3, 0.4) is 0 Å². The van der Waals surface area contributed by atoms with Crippen LogP contribution in [-0.2, 0) is 25.6 Å². The Morgan fingerprint density at radius 2 is 1.85 bits per heavy atom. The molecule has 0 saturated heterocycles. The number of hydrogen-bond acceptors (Lipinski definition) is 5. The lowest BCUT2D eigenvalue weighted by atomic mass is 9.94. The number of nitrogens with zero attached hydrogens (tertiary/aromatic N) is 1. The van der Waals surface area contributed by atoms with E-state index < -0.39 is 12.2 Å². The van der Waals surface area contributed by atoms with Crippen molar-refractivity contribution in [2.24, 2.45) is 0 Å². The normalized spacial score (nSPS) is 14.3. The smallest absolute Gasteiger partial charge is 0.308 e. The van der Waals surface area contributed by atoms with Crippen molar-refractivity contribution in [2.45, 2.75) is 71.6 Å². The Balaban J connectivity index is 1.74. The van der Waals surface area contributed by atoms with Gasteiger partial charge in [-0.05, 0) is 87.4 Å². The highest BCUT2D eigenvalue weighted by atomic mass is 35.5. The van der Waals surface area contributed by atoms with E-state index in [1.54, 1.807) is 25.0 Å². The molecule has 0 N–H and O–H groups in total. The first-order chi connectivity index (χ1) is 19.2. The van der Waals surface area contributed by atoms with Gasteiger partial charge in [-0.1, -0.05) is 47.5 Å². The van der Waals surface area contributed by atoms with Crippen LogP contribution in [0.5, 0.6) is 5.75 Å². The van der Waals surface area contributed by atoms with Crippen LogP contribution in [0.25, 0.3) is 0 Å². The van der Waals surface area contributed by atoms with Gasteiger partial charge < -0.3 is 19.1 Å². The van der Waals surface area contributed by atoms with Crippen molar-refractivity contribution in [1.82, 2.24) is 0 Å². The van der Waals surface area contributed by atoms with E-state index in [2.05, 4.69) is 18.2 Å². The van der Waals surface area contributed by atoms with Gasteiger partial charge in [0.05, 0.1) is 32.8 Å². The molecule has 4 rings (SSSR count). The predicted octanol–water partition coefficient (Wildman–Crippen LogP) is 7.45. The van der Waals surface area contributed by atoms with Gasteiger partial charge in [-0.2, -0.15) is 0 Å². The zero-order valence-corrected chi connectivity index (χ0v) is 24.7. The predicted molar refractivity (Wildman–Crippen MR) is 158 cm³/mol. The van der Waals surface area contributed by atoms with Crippen LogP contribution in [0.15, 0.2) is 54.6 Å². The summed E-state index contributed by atoms with van der Waals surface area (Å²) in [6.45, 7) is 8.32. The van der Waals surface area contributed by atoms with Gasteiger partial charge in [0.25, 0.3) is 0 Å². The topological polar surface area (TPSA) is 65.1 Å². The number of carbonyl (C=O) groups is 2. The molecule has 0 heterocycles. The minimum absolute atomic E-state index is 0.104. The molecule has 0 spiro atoms. The van der Waals surface area contributed by atoms with Crippen LogP contribution in [-0.4, -0.2) is 32.2 Å². The lowest BCUT2D eigenvalue weighted by Gasteiger charge is -2.29. The molecule has 3 aromatic rings. The van der Waals surface area contributed by atoms with E-state index in [1.807, 2.05) is 51.1 Å². The van der Waals surface area contributed by atoms with E-state index in [-0.39, 0.29) is 12.4 Å². The molecule has 1 amide bonds. The maximum atomic E-state index is 12.6. The number of anilines is 1. The number of amides is 1. The van der Waals surface area contributed by atoms with Crippen molar-refractivity contribution in [3.05, 3.63) is 93.0 Å². The van der Waals surface area contributed by atoms with E-state index in [9.17, 15) is 9.59 Å². The Morgan fingerprint density at radius 3 is 2.50 bits per heavy atom. The maximum absolute atomic E-state index is 12.6. The third-order valence-corrected chi connectivity index (χ3v) is 7.48. The quantitative estimate of drug-likeness (QED) is 0.159. The summed E-state index contributed by atoms with van der Waals surface area (Å²) >= 11 is 6.53. The van der Waals surface area contributed by atoms with Gasteiger partial charge in [-0.15, -0.1) is 0 Å². The van der Waals surface area contributed by atoms with Gasteiger partial charge in [0.15, 0.2) is 0 Å². The number of halogens is 1. The van der Waals surface area contributed by atoms with Crippen molar-refractivity contribution in [2.75, 3.05) is 18.6 Å². The summed E-state index contributed by atoms with van der Waals surface area (Å²) in [5, 5.41) is 0.521. The number of ether oxygens (including phenoxy) is 3. The fourth-order valence-electron chi connectivity index (χ4n) is 5.09. The second-order valence-corrected chi connectivity index (χ2v) is 10.9. The van der Waals surface area contributed by atoms with Gasteiger partial charge >= 0.3 is 5.97 Å². The molecule has 7 heteroatoms. The SMILES string of the molecule is CCOC(=O)CC(C)OC(c1ccc(C)cc1C)c1cc(Cl)ccc1N(C=O)Cc1ccc(C2CC2)cc1OC. The molecule has 1 fully saturated rings. The molecule has 40 heavy (non-hydrogen) atoms. The molecule has 6 nitrogen and oxygen atoms in total. The van der Waals surface area contributed by atoms with E-state index in [1.165, 1.54) is 18.4 Å². The molecule has 1 saturated carbocycles. The van der Waals surface area contributed by atoms with Crippen molar-refractivity contribution >= 4 is 29.7 Å². The van der Waals surface area contributed by atoms with E-state index in [0.717, 1.165) is 40.0 Å². The summed E-state index contributed by atoms with van der Waals surface area (Å²) in [6, 6.07) is 17.8. The Bertz CT molecular complexity index is 1350. The van der Waals surface area contributed by atoms with E-state index >= 15 is 0 Å². The zero-order chi connectivity index (χ0) is 28.8. The maximum Gasteiger partial charge on any atom is 0.308 e. The van der Waals surface area contributed by atoms with Crippen LogP contribution in [0.4, 0.5) is 5.69 Å². The van der Waals surface area contributed by atoms with Gasteiger partial charge in [-0.25, -0.2) is 0 Å². The molecule has 0 aliphatic heterocycles. The second-order valence-electron chi connectivity index (χ2n) is 10.5. The number of methoxy groups -OCH3 is 1. The molecule has 0 bridgehead atoms. The molecule has 3 aromatic carbocycles. The summed E-state index contributed by atoms with van der Waals surface area (Å²) in [5.74, 6) is 1.04. The van der Waals surface area contributed by atoms with Crippen molar-refractivity contribution in [1.29, 1.82) is 0 Å². The number of carbonyl (C=O) groups excluding carboxylic acids is 2. The summed E-state index contributed by atoms with van der Waals surface area (Å²) in [7, 11) is 1.66. The number of rotatable bonds is 13. The van der Waals surface area contributed by atoms with E-state index in [4.69, 9.17) is 25.8 Å². The minimum atomic E-state index is -0.583. The average Bonchev–Trinajstić information content (AvgIpc) is 3.77. The number of aryl methyl sites for hydroxylation is 2. The van der Waals surface area contributed by atoms with Crippen LogP contribution >= 0.6 is 11.6 Å². The van der Waals surface area contributed by atoms with Crippen LogP contribution < -0.4 is 9.64 Å². The first kappa shape index (κ1) is 29.6. The lowest BCUT2D eigenvalue weighted by molar-refractivity contribution is -0.146. The molecular formula is C33H38ClNO5. The molecule has 2 unspecified atom stereocenters. The first-order valence-electron chi connectivity index (χ1n) is 13.8. The summed E-state index contributed by atoms with van der Waals surface area (Å²) in [5.41, 5.74) is 6.67. The average molecular weight is 564 g/mol. The highest BCUT2D eigenvalue weighted by Crippen LogP contribution is 2.42. The standard InChI is InChI=1S/C33H38ClNO5/c1-6-39-32(37)16-23(4)40-33(28-13-7-21(2)15-22(28)3)29-18-27(34)12-14-30(29)35(20-36)19-26-11-10-25(24-8-9-24)17-31(26)38-5/h7,10-15,17-18,20,23-24,33H,6,8-9,16,19H2,1-5H3. The number of benzene rings is 3. The first-order valence-corrected chi connectivity index (χ1v) is 14.2. The number of hydrogen-bond donors (Lipinski definition) is 0. The van der Waals surface area contributed by atoms with E-state index in [0.29, 0.717) is 29.8 Å². The minimum Gasteiger partial charge on any atom is -0.496 e. The summed E-state index contributed by atoms with van der Waals surface area (Å²) in [6.07, 6.45) is 2.29. The second kappa shape index (κ2) is 13.3.